The first kappa shape index (κ1) is 20.9. The van der Waals surface area contributed by atoms with Gasteiger partial charge in [0.05, 0.1) is 17.8 Å². The van der Waals surface area contributed by atoms with Crippen molar-refractivity contribution in [3.63, 3.8) is 0 Å². The molecule has 7 heteroatoms. The molecule has 27 heavy (non-hydrogen) atoms. The Morgan fingerprint density at radius 1 is 1.33 bits per heavy atom. The Morgan fingerprint density at radius 3 is 2.74 bits per heavy atom. The zero-order valence-electron chi connectivity index (χ0n) is 16.9. The lowest BCUT2D eigenvalue weighted by atomic mass is 10.0. The molecule has 0 saturated heterocycles. The van der Waals surface area contributed by atoms with Gasteiger partial charge in [-0.15, -0.1) is 0 Å². The van der Waals surface area contributed by atoms with Gasteiger partial charge >= 0.3 is 5.97 Å². The molecule has 1 amide bonds. The Labute approximate surface area is 160 Å². The van der Waals surface area contributed by atoms with Crippen molar-refractivity contribution in [3.05, 3.63) is 23.8 Å². The zero-order chi connectivity index (χ0) is 20.0. The number of H-pyrrole nitrogens is 1. The standard InChI is InChI=1S/C20H30N4O3/c1-6-27-20(26)17(12-13(2)3)24(5)18(25)9-7-8-15-19-16(10-11-21-15)22-14(4)23-19/h10-11,13,17H,6-9,12H2,1-5H3,(H,22,23)/t17-/m0/s1. The zero-order valence-corrected chi connectivity index (χ0v) is 16.9. The van der Waals surface area contributed by atoms with Gasteiger partial charge < -0.3 is 14.6 Å². The van der Waals surface area contributed by atoms with Crippen LogP contribution in [0.2, 0.25) is 0 Å². The second kappa shape index (κ2) is 9.48. The predicted molar refractivity (Wildman–Crippen MR) is 104 cm³/mol. The number of likely N-dealkylation sites (N-methyl/N-ethyl adjacent to an activating group) is 1. The molecule has 1 atom stereocenters. The number of amides is 1. The molecule has 7 nitrogen and oxygen atoms in total. The van der Waals surface area contributed by atoms with Gasteiger partial charge in [0.15, 0.2) is 0 Å². The summed E-state index contributed by atoms with van der Waals surface area (Å²) in [6.07, 6.45) is 4.01. The van der Waals surface area contributed by atoms with Crippen LogP contribution in [0.25, 0.3) is 11.0 Å². The van der Waals surface area contributed by atoms with Crippen LogP contribution >= 0.6 is 0 Å². The summed E-state index contributed by atoms with van der Waals surface area (Å²) in [5.41, 5.74) is 2.71. The molecular weight excluding hydrogens is 344 g/mol. The van der Waals surface area contributed by atoms with Gasteiger partial charge in [0.1, 0.15) is 17.4 Å². The molecule has 1 N–H and O–H groups in total. The first-order valence-electron chi connectivity index (χ1n) is 9.56. The Balaban J connectivity index is 1.97. The molecule has 0 saturated carbocycles. The molecule has 0 bridgehead atoms. The highest BCUT2D eigenvalue weighted by molar-refractivity contribution is 5.84. The summed E-state index contributed by atoms with van der Waals surface area (Å²) in [4.78, 5) is 38.5. The number of hydrogen-bond donors (Lipinski definition) is 1. The van der Waals surface area contributed by atoms with Crippen LogP contribution in [0.1, 0.15) is 51.6 Å². The van der Waals surface area contributed by atoms with Crippen LogP contribution in [0.3, 0.4) is 0 Å². The van der Waals surface area contributed by atoms with Gasteiger partial charge in [-0.3, -0.25) is 9.78 Å². The molecular formula is C20H30N4O3. The minimum atomic E-state index is -0.534. The van der Waals surface area contributed by atoms with Gasteiger partial charge in [-0.25, -0.2) is 9.78 Å². The summed E-state index contributed by atoms with van der Waals surface area (Å²) >= 11 is 0. The molecule has 2 heterocycles. The first-order chi connectivity index (χ1) is 12.8. The summed E-state index contributed by atoms with van der Waals surface area (Å²) in [6.45, 7) is 8.06. The predicted octanol–water partition coefficient (Wildman–Crippen LogP) is 3.03. The summed E-state index contributed by atoms with van der Waals surface area (Å²) in [7, 11) is 1.68. The lowest BCUT2D eigenvalue weighted by Gasteiger charge is -2.27. The van der Waals surface area contributed by atoms with E-state index in [2.05, 4.69) is 15.0 Å². The molecule has 0 spiro atoms. The fourth-order valence-electron chi connectivity index (χ4n) is 3.15. The van der Waals surface area contributed by atoms with E-state index in [0.717, 1.165) is 22.6 Å². The molecule has 0 aliphatic heterocycles. The minimum Gasteiger partial charge on any atom is -0.464 e. The van der Waals surface area contributed by atoms with Gasteiger partial charge in [-0.05, 0) is 45.1 Å². The van der Waals surface area contributed by atoms with E-state index in [1.807, 2.05) is 26.8 Å². The number of aromatic nitrogens is 3. The maximum Gasteiger partial charge on any atom is 0.328 e. The molecule has 0 aliphatic carbocycles. The van der Waals surface area contributed by atoms with Crippen molar-refractivity contribution in [1.29, 1.82) is 0 Å². The minimum absolute atomic E-state index is 0.0564. The normalized spacial score (nSPS) is 12.4. The van der Waals surface area contributed by atoms with Crippen molar-refractivity contribution in [3.8, 4) is 0 Å². The quantitative estimate of drug-likeness (QED) is 0.682. The fraction of sp³-hybridized carbons (Fsp3) is 0.600. The molecule has 2 aromatic rings. The molecule has 0 aromatic carbocycles. The number of ether oxygens (including phenoxy) is 1. The smallest absolute Gasteiger partial charge is 0.328 e. The topological polar surface area (TPSA) is 88.2 Å². The van der Waals surface area contributed by atoms with E-state index in [9.17, 15) is 9.59 Å². The monoisotopic (exact) mass is 374 g/mol. The van der Waals surface area contributed by atoms with E-state index in [0.29, 0.717) is 38.2 Å². The number of aromatic amines is 1. The summed E-state index contributed by atoms with van der Waals surface area (Å²) in [6, 6.07) is 1.36. The lowest BCUT2D eigenvalue weighted by molar-refractivity contribution is -0.154. The van der Waals surface area contributed by atoms with Crippen LogP contribution < -0.4 is 0 Å². The number of pyridine rings is 1. The van der Waals surface area contributed by atoms with Crippen LogP contribution in [-0.2, 0) is 20.7 Å². The van der Waals surface area contributed by atoms with Crippen LogP contribution in [0.4, 0.5) is 0 Å². The summed E-state index contributed by atoms with van der Waals surface area (Å²) in [5.74, 6) is 0.750. The SMILES string of the molecule is CCOC(=O)[C@H](CC(C)C)N(C)C(=O)CCCc1nccc2[nH]c(C)nc12. The van der Waals surface area contributed by atoms with Gasteiger partial charge in [-0.1, -0.05) is 13.8 Å². The van der Waals surface area contributed by atoms with E-state index < -0.39 is 6.04 Å². The van der Waals surface area contributed by atoms with E-state index >= 15 is 0 Å². The summed E-state index contributed by atoms with van der Waals surface area (Å²) < 4.78 is 5.15. The Bertz CT molecular complexity index is 785. The van der Waals surface area contributed by atoms with E-state index in [1.54, 1.807) is 20.2 Å². The van der Waals surface area contributed by atoms with Crippen molar-refractivity contribution in [2.45, 2.75) is 59.4 Å². The van der Waals surface area contributed by atoms with Crippen LogP contribution in [-0.4, -0.2) is 51.4 Å². The highest BCUT2D eigenvalue weighted by atomic mass is 16.5. The molecule has 2 rings (SSSR count). The van der Waals surface area contributed by atoms with Crippen LogP contribution in [0.15, 0.2) is 12.3 Å². The van der Waals surface area contributed by atoms with Crippen molar-refractivity contribution in [1.82, 2.24) is 19.9 Å². The van der Waals surface area contributed by atoms with Crippen molar-refractivity contribution >= 4 is 22.9 Å². The molecule has 0 aliphatic rings. The number of carbonyl (C=O) groups excluding carboxylic acids is 2. The molecule has 148 valence electrons. The maximum atomic E-state index is 12.6. The second-order valence-electron chi connectivity index (χ2n) is 7.23. The fourth-order valence-corrected chi connectivity index (χ4v) is 3.15. The molecule has 0 fully saturated rings. The average molecular weight is 374 g/mol. The third-order valence-electron chi connectivity index (χ3n) is 4.51. The lowest BCUT2D eigenvalue weighted by Crippen LogP contribution is -2.44. The van der Waals surface area contributed by atoms with Crippen molar-refractivity contribution in [2.75, 3.05) is 13.7 Å². The largest absolute Gasteiger partial charge is 0.464 e. The molecule has 2 aromatic heterocycles. The van der Waals surface area contributed by atoms with Gasteiger partial charge in [0, 0.05) is 19.7 Å². The number of rotatable bonds is 9. The number of imidazole rings is 1. The number of aryl methyl sites for hydroxylation is 2. The van der Waals surface area contributed by atoms with Crippen molar-refractivity contribution < 1.29 is 14.3 Å². The highest BCUT2D eigenvalue weighted by Gasteiger charge is 2.28. The van der Waals surface area contributed by atoms with Gasteiger partial charge in [0.25, 0.3) is 0 Å². The number of nitrogens with zero attached hydrogens (tertiary/aromatic N) is 3. The number of nitrogens with one attached hydrogen (secondary N) is 1. The van der Waals surface area contributed by atoms with Crippen LogP contribution in [0.5, 0.6) is 0 Å². The van der Waals surface area contributed by atoms with Gasteiger partial charge in [0.2, 0.25) is 5.91 Å². The Kier molecular flexibility index (Phi) is 7.33. The number of hydrogen-bond acceptors (Lipinski definition) is 5. The molecule has 0 unspecified atom stereocenters. The van der Waals surface area contributed by atoms with Crippen molar-refractivity contribution in [2.24, 2.45) is 5.92 Å². The third-order valence-corrected chi connectivity index (χ3v) is 4.51. The Morgan fingerprint density at radius 2 is 2.07 bits per heavy atom. The van der Waals surface area contributed by atoms with E-state index in [1.165, 1.54) is 4.90 Å². The number of esters is 1. The first-order valence-corrected chi connectivity index (χ1v) is 9.56. The van der Waals surface area contributed by atoms with Gasteiger partial charge in [-0.2, -0.15) is 0 Å². The average Bonchev–Trinajstić information content (AvgIpc) is 3.00. The number of carbonyl (C=O) groups is 2. The van der Waals surface area contributed by atoms with E-state index in [4.69, 9.17) is 4.74 Å². The second-order valence-corrected chi connectivity index (χ2v) is 7.23. The third kappa shape index (κ3) is 5.52. The van der Waals surface area contributed by atoms with E-state index in [-0.39, 0.29) is 11.9 Å². The summed E-state index contributed by atoms with van der Waals surface area (Å²) in [5, 5.41) is 0. The molecule has 0 radical (unpaired) electrons. The highest BCUT2D eigenvalue weighted by Crippen LogP contribution is 2.17. The maximum absolute atomic E-state index is 12.6. The van der Waals surface area contributed by atoms with Crippen LogP contribution in [0, 0.1) is 12.8 Å². The Hall–Kier alpha value is -2.44. The number of fused-ring (bicyclic) bond motifs is 1.